The van der Waals surface area contributed by atoms with Crippen molar-refractivity contribution in [2.24, 2.45) is 0 Å². The van der Waals surface area contributed by atoms with Crippen molar-refractivity contribution in [3.8, 4) is 0 Å². The van der Waals surface area contributed by atoms with Crippen LogP contribution in [0.1, 0.15) is 47.1 Å². The molecule has 0 saturated carbocycles. The molecular weight excluding hydrogens is 298 g/mol. The third-order valence-electron chi connectivity index (χ3n) is 3.84. The van der Waals surface area contributed by atoms with Gasteiger partial charge < -0.3 is 11.1 Å². The van der Waals surface area contributed by atoms with Gasteiger partial charge in [-0.3, -0.25) is 4.79 Å². The van der Waals surface area contributed by atoms with E-state index in [4.69, 9.17) is 5.73 Å². The molecule has 1 aliphatic carbocycles. The smallest absolute Gasteiger partial charge is 0.242 e. The summed E-state index contributed by atoms with van der Waals surface area (Å²) < 4.78 is 1.52. The normalized spacial score (nSPS) is 15.4. The van der Waals surface area contributed by atoms with Crippen molar-refractivity contribution in [3.05, 3.63) is 27.3 Å². The number of anilines is 1. The average molecular weight is 319 g/mol. The zero-order valence-corrected chi connectivity index (χ0v) is 13.7. The Morgan fingerprint density at radius 3 is 2.95 bits per heavy atom. The molecule has 0 fully saturated rings. The molecule has 0 unspecified atom stereocenters. The Hall–Kier alpha value is -1.89. The first-order chi connectivity index (χ1) is 10.5. The number of nitrogens with zero attached hydrogens (tertiary/aromatic N) is 3. The molecule has 3 N–H and O–H groups in total. The SMILES string of the molecule is Cc1cc(N)n(CC(=O)N[C@@H](C)c2nc3c(s2)CCCC3)n1. The Morgan fingerprint density at radius 2 is 2.27 bits per heavy atom. The van der Waals surface area contributed by atoms with E-state index in [1.807, 2.05) is 13.8 Å². The van der Waals surface area contributed by atoms with E-state index in [-0.39, 0.29) is 18.5 Å². The largest absolute Gasteiger partial charge is 0.384 e. The van der Waals surface area contributed by atoms with Crippen molar-refractivity contribution in [2.45, 2.75) is 52.1 Å². The first-order valence-electron chi connectivity index (χ1n) is 7.60. The van der Waals surface area contributed by atoms with Gasteiger partial charge in [0.1, 0.15) is 17.4 Å². The summed E-state index contributed by atoms with van der Waals surface area (Å²) >= 11 is 1.73. The van der Waals surface area contributed by atoms with Gasteiger partial charge in [0.15, 0.2) is 0 Å². The molecule has 0 bridgehead atoms. The van der Waals surface area contributed by atoms with Crippen LogP contribution in [0.4, 0.5) is 5.82 Å². The summed E-state index contributed by atoms with van der Waals surface area (Å²) in [6.07, 6.45) is 4.65. The summed E-state index contributed by atoms with van der Waals surface area (Å²) in [5.74, 6) is 0.403. The summed E-state index contributed by atoms with van der Waals surface area (Å²) in [7, 11) is 0. The quantitative estimate of drug-likeness (QED) is 0.902. The zero-order valence-electron chi connectivity index (χ0n) is 12.9. The number of nitrogens with one attached hydrogen (secondary N) is 1. The average Bonchev–Trinajstić information content (AvgIpc) is 3.02. The third-order valence-corrected chi connectivity index (χ3v) is 5.18. The zero-order chi connectivity index (χ0) is 15.7. The van der Waals surface area contributed by atoms with Gasteiger partial charge in [-0.25, -0.2) is 9.67 Å². The summed E-state index contributed by atoms with van der Waals surface area (Å²) in [4.78, 5) is 18.2. The van der Waals surface area contributed by atoms with Crippen molar-refractivity contribution in [2.75, 3.05) is 5.73 Å². The molecule has 7 heteroatoms. The number of rotatable bonds is 4. The van der Waals surface area contributed by atoms with Gasteiger partial charge in [-0.2, -0.15) is 5.10 Å². The predicted octanol–water partition coefficient (Wildman–Crippen LogP) is 1.99. The molecule has 0 aromatic carbocycles. The first-order valence-corrected chi connectivity index (χ1v) is 8.42. The maximum absolute atomic E-state index is 12.2. The van der Waals surface area contributed by atoms with E-state index in [9.17, 15) is 4.79 Å². The number of fused-ring (bicyclic) bond motifs is 1. The number of hydrogen-bond acceptors (Lipinski definition) is 5. The van der Waals surface area contributed by atoms with Crippen LogP contribution in [0.5, 0.6) is 0 Å². The second kappa shape index (κ2) is 6.08. The minimum absolute atomic E-state index is 0.0824. The predicted molar refractivity (Wildman–Crippen MR) is 86.7 cm³/mol. The topological polar surface area (TPSA) is 85.8 Å². The van der Waals surface area contributed by atoms with Crippen molar-refractivity contribution < 1.29 is 4.79 Å². The second-order valence-corrected chi connectivity index (χ2v) is 6.90. The molecule has 0 spiro atoms. The number of carbonyl (C=O) groups is 1. The van der Waals surface area contributed by atoms with Gasteiger partial charge in [0.25, 0.3) is 0 Å². The van der Waals surface area contributed by atoms with Gasteiger partial charge in [-0.05, 0) is 39.5 Å². The molecule has 0 radical (unpaired) electrons. The Kier molecular flexibility index (Phi) is 4.15. The minimum Gasteiger partial charge on any atom is -0.384 e. The summed E-state index contributed by atoms with van der Waals surface area (Å²) in [5.41, 5.74) is 7.84. The van der Waals surface area contributed by atoms with Crippen molar-refractivity contribution in [3.63, 3.8) is 0 Å². The molecule has 118 valence electrons. The van der Waals surface area contributed by atoms with Crippen LogP contribution in [0.2, 0.25) is 0 Å². The highest BCUT2D eigenvalue weighted by Gasteiger charge is 2.20. The maximum Gasteiger partial charge on any atom is 0.242 e. The van der Waals surface area contributed by atoms with E-state index >= 15 is 0 Å². The highest BCUT2D eigenvalue weighted by atomic mass is 32.1. The van der Waals surface area contributed by atoms with Crippen LogP contribution >= 0.6 is 11.3 Å². The third kappa shape index (κ3) is 3.14. The molecular formula is C15H21N5OS. The lowest BCUT2D eigenvalue weighted by molar-refractivity contribution is -0.122. The molecule has 1 atom stereocenters. The Morgan fingerprint density at radius 1 is 1.50 bits per heavy atom. The number of hydrogen-bond donors (Lipinski definition) is 2. The Bertz CT molecular complexity index is 667. The van der Waals surface area contributed by atoms with Crippen molar-refractivity contribution in [1.29, 1.82) is 0 Å². The highest BCUT2D eigenvalue weighted by Crippen LogP contribution is 2.29. The van der Waals surface area contributed by atoms with Crippen LogP contribution < -0.4 is 11.1 Å². The molecule has 22 heavy (non-hydrogen) atoms. The van der Waals surface area contributed by atoms with Gasteiger partial charge in [0.05, 0.1) is 17.4 Å². The first kappa shape index (κ1) is 15.0. The lowest BCUT2D eigenvalue weighted by atomic mass is 10.0. The van der Waals surface area contributed by atoms with E-state index < -0.39 is 0 Å². The monoisotopic (exact) mass is 319 g/mol. The number of aryl methyl sites for hydroxylation is 3. The van der Waals surface area contributed by atoms with Gasteiger partial charge in [-0.1, -0.05) is 0 Å². The molecule has 2 aromatic rings. The van der Waals surface area contributed by atoms with Gasteiger partial charge >= 0.3 is 0 Å². The lowest BCUT2D eigenvalue weighted by Crippen LogP contribution is -2.30. The van der Waals surface area contributed by atoms with Gasteiger partial charge in [-0.15, -0.1) is 11.3 Å². The van der Waals surface area contributed by atoms with E-state index in [2.05, 4.69) is 15.4 Å². The maximum atomic E-state index is 12.2. The molecule has 1 aliphatic rings. The van der Waals surface area contributed by atoms with Crippen LogP contribution in [0, 0.1) is 6.92 Å². The lowest BCUT2D eigenvalue weighted by Gasteiger charge is -2.11. The standard InChI is InChI=1S/C15H21N5OS/c1-9-7-13(16)20(19-9)8-14(21)17-10(2)15-18-11-5-3-4-6-12(11)22-15/h7,10H,3-6,8,16H2,1-2H3,(H,17,21)/t10-/m0/s1. The number of nitrogens with two attached hydrogens (primary N) is 1. The summed E-state index contributed by atoms with van der Waals surface area (Å²) in [5, 5.41) is 8.17. The molecule has 2 aromatic heterocycles. The number of thiazole rings is 1. The van der Waals surface area contributed by atoms with E-state index in [0.29, 0.717) is 5.82 Å². The van der Waals surface area contributed by atoms with Crippen LogP contribution in [-0.2, 0) is 24.2 Å². The van der Waals surface area contributed by atoms with Crippen molar-refractivity contribution >= 4 is 23.1 Å². The van der Waals surface area contributed by atoms with Crippen LogP contribution in [0.15, 0.2) is 6.07 Å². The van der Waals surface area contributed by atoms with Crippen molar-refractivity contribution in [1.82, 2.24) is 20.1 Å². The fourth-order valence-electron chi connectivity index (χ4n) is 2.73. The molecule has 0 saturated heterocycles. The van der Waals surface area contributed by atoms with Crippen LogP contribution in [0.3, 0.4) is 0 Å². The summed E-state index contributed by atoms with van der Waals surface area (Å²) in [6.45, 7) is 3.96. The van der Waals surface area contributed by atoms with Gasteiger partial charge in [0, 0.05) is 10.9 Å². The van der Waals surface area contributed by atoms with E-state index in [0.717, 1.165) is 23.5 Å². The molecule has 0 aliphatic heterocycles. The number of nitrogen functional groups attached to an aromatic ring is 1. The Balaban J connectivity index is 1.63. The van der Waals surface area contributed by atoms with Crippen LogP contribution in [-0.4, -0.2) is 20.7 Å². The fraction of sp³-hybridized carbons (Fsp3) is 0.533. The minimum atomic E-state index is -0.101. The molecule has 3 rings (SSSR count). The number of aromatic nitrogens is 3. The molecule has 1 amide bonds. The van der Waals surface area contributed by atoms with E-state index in [1.165, 1.54) is 28.1 Å². The fourth-order valence-corrected chi connectivity index (χ4v) is 3.89. The second-order valence-electron chi connectivity index (χ2n) is 5.79. The van der Waals surface area contributed by atoms with Crippen LogP contribution in [0.25, 0.3) is 0 Å². The van der Waals surface area contributed by atoms with E-state index in [1.54, 1.807) is 17.4 Å². The molecule has 6 nitrogen and oxygen atoms in total. The Labute approximate surface area is 133 Å². The number of amides is 1. The van der Waals surface area contributed by atoms with Gasteiger partial charge in [0.2, 0.25) is 5.91 Å². The molecule has 2 heterocycles. The highest BCUT2D eigenvalue weighted by molar-refractivity contribution is 7.11. The number of carbonyl (C=O) groups excluding carboxylic acids is 1. The summed E-state index contributed by atoms with van der Waals surface area (Å²) in [6, 6.07) is 1.67.